The van der Waals surface area contributed by atoms with E-state index in [0.29, 0.717) is 16.3 Å². The van der Waals surface area contributed by atoms with Crippen molar-refractivity contribution in [1.82, 2.24) is 14.8 Å². The number of anilines is 1. The number of hydrogen-bond acceptors (Lipinski definition) is 6. The number of aryl methyl sites for hydroxylation is 2. The molecule has 0 bridgehead atoms. The molecule has 21 heavy (non-hydrogen) atoms. The number of nitrogens with zero attached hydrogens (tertiary/aromatic N) is 3. The molecule has 2 heterocycles. The van der Waals surface area contributed by atoms with Crippen LogP contribution in [0.4, 0.5) is 5.13 Å². The summed E-state index contributed by atoms with van der Waals surface area (Å²) >= 11 is 1.16. The molecular weight excluding hydrogens is 310 g/mol. The van der Waals surface area contributed by atoms with E-state index in [4.69, 9.17) is 5.73 Å². The Hall–Kier alpha value is -1.89. The Morgan fingerprint density at radius 3 is 2.76 bits per heavy atom. The third kappa shape index (κ3) is 3.24. The fourth-order valence-electron chi connectivity index (χ4n) is 1.83. The monoisotopic (exact) mass is 325 g/mol. The summed E-state index contributed by atoms with van der Waals surface area (Å²) in [5.74, 6) is 5.50. The normalized spacial score (nSPS) is 11.0. The van der Waals surface area contributed by atoms with E-state index in [1.807, 2.05) is 0 Å². The van der Waals surface area contributed by atoms with E-state index < -0.39 is 10.0 Å². The van der Waals surface area contributed by atoms with Crippen LogP contribution in [-0.4, -0.2) is 29.7 Å². The average molecular weight is 325 g/mol. The quantitative estimate of drug-likeness (QED) is 0.805. The van der Waals surface area contributed by atoms with Gasteiger partial charge in [0.2, 0.25) is 0 Å². The Balaban J connectivity index is 2.31. The molecule has 0 aliphatic heterocycles. The van der Waals surface area contributed by atoms with Crippen LogP contribution in [0.2, 0.25) is 0 Å². The molecule has 2 rings (SSSR count). The van der Waals surface area contributed by atoms with Crippen LogP contribution in [0.3, 0.4) is 0 Å². The van der Waals surface area contributed by atoms with Crippen LogP contribution in [0.5, 0.6) is 0 Å². The molecule has 7 nitrogen and oxygen atoms in total. The summed E-state index contributed by atoms with van der Waals surface area (Å²) < 4.78 is 28.8. The van der Waals surface area contributed by atoms with E-state index in [0.717, 1.165) is 11.3 Å². The largest absolute Gasteiger partial charge is 0.320 e. The van der Waals surface area contributed by atoms with Crippen molar-refractivity contribution in [2.45, 2.75) is 18.7 Å². The maximum absolute atomic E-state index is 12.4. The predicted octanol–water partition coefficient (Wildman–Crippen LogP) is 0.604. The van der Waals surface area contributed by atoms with Crippen LogP contribution in [0.25, 0.3) is 0 Å². The Kier molecular flexibility index (Phi) is 4.32. The molecule has 0 atom stereocenters. The molecule has 112 valence electrons. The minimum absolute atomic E-state index is 0.176. The lowest BCUT2D eigenvalue weighted by molar-refractivity contribution is 0.599. The maximum Gasteiger partial charge on any atom is 0.267 e. The molecule has 2 aromatic rings. The lowest BCUT2D eigenvalue weighted by atomic mass is 10.4. The molecule has 0 aromatic carbocycles. The highest BCUT2D eigenvalue weighted by Gasteiger charge is 2.24. The van der Waals surface area contributed by atoms with E-state index in [1.54, 1.807) is 20.9 Å². The van der Waals surface area contributed by atoms with Crippen molar-refractivity contribution < 1.29 is 8.42 Å². The molecule has 3 N–H and O–H groups in total. The Labute approximate surface area is 127 Å². The van der Waals surface area contributed by atoms with Gasteiger partial charge in [0.25, 0.3) is 10.0 Å². The summed E-state index contributed by atoms with van der Waals surface area (Å²) in [4.78, 5) is 4.83. The standard InChI is InChI=1S/C12H15N5O2S2/c1-8-11(9(2)17(3)15-8)21(18,19)16-12-14-7-10(20-12)5-4-6-13/h7H,6,13H2,1-3H3,(H,14,16). The minimum atomic E-state index is -3.72. The first-order valence-corrected chi connectivity index (χ1v) is 8.33. The van der Waals surface area contributed by atoms with E-state index >= 15 is 0 Å². The van der Waals surface area contributed by atoms with Crippen molar-refractivity contribution in [3.8, 4) is 11.8 Å². The van der Waals surface area contributed by atoms with Gasteiger partial charge in [0.05, 0.1) is 29.0 Å². The van der Waals surface area contributed by atoms with Crippen molar-refractivity contribution in [3.05, 3.63) is 22.5 Å². The third-order valence-electron chi connectivity index (χ3n) is 2.75. The molecule has 9 heteroatoms. The van der Waals surface area contributed by atoms with Gasteiger partial charge >= 0.3 is 0 Å². The fraction of sp³-hybridized carbons (Fsp3) is 0.333. The number of nitrogens with two attached hydrogens (primary N) is 1. The predicted molar refractivity (Wildman–Crippen MR) is 81.5 cm³/mol. The SMILES string of the molecule is Cc1nn(C)c(C)c1S(=O)(=O)Nc1ncc(C#CCN)s1. The van der Waals surface area contributed by atoms with Crippen LogP contribution in [0, 0.1) is 25.7 Å². The lowest BCUT2D eigenvalue weighted by Crippen LogP contribution is -2.14. The van der Waals surface area contributed by atoms with Gasteiger partial charge in [0, 0.05) is 7.05 Å². The summed E-state index contributed by atoms with van der Waals surface area (Å²) in [6.07, 6.45) is 1.51. The van der Waals surface area contributed by atoms with Gasteiger partial charge < -0.3 is 5.73 Å². The van der Waals surface area contributed by atoms with Crippen molar-refractivity contribution in [2.75, 3.05) is 11.3 Å². The van der Waals surface area contributed by atoms with Crippen molar-refractivity contribution in [3.63, 3.8) is 0 Å². The van der Waals surface area contributed by atoms with Gasteiger partial charge in [-0.05, 0) is 13.8 Å². The molecule has 0 amide bonds. The van der Waals surface area contributed by atoms with Crippen molar-refractivity contribution >= 4 is 26.5 Å². The Bertz CT molecular complexity index is 824. The molecule has 0 saturated heterocycles. The summed E-state index contributed by atoms with van der Waals surface area (Å²) in [6, 6.07) is 0. The van der Waals surface area contributed by atoms with Gasteiger partial charge in [-0.25, -0.2) is 13.4 Å². The smallest absolute Gasteiger partial charge is 0.267 e. The molecule has 2 aromatic heterocycles. The second-order valence-corrected chi connectivity index (χ2v) is 6.91. The van der Waals surface area contributed by atoms with Gasteiger partial charge in [-0.3, -0.25) is 9.40 Å². The number of aromatic nitrogens is 3. The van der Waals surface area contributed by atoms with Crippen LogP contribution >= 0.6 is 11.3 Å². The molecule has 0 spiro atoms. The van der Waals surface area contributed by atoms with Gasteiger partial charge in [0.15, 0.2) is 5.13 Å². The van der Waals surface area contributed by atoms with Crippen LogP contribution in [-0.2, 0) is 17.1 Å². The van der Waals surface area contributed by atoms with E-state index in [1.165, 1.54) is 10.9 Å². The number of thiazole rings is 1. The van der Waals surface area contributed by atoms with E-state index in [9.17, 15) is 8.42 Å². The van der Waals surface area contributed by atoms with Gasteiger partial charge in [-0.2, -0.15) is 5.10 Å². The highest BCUT2D eigenvalue weighted by atomic mass is 32.2. The molecule has 0 aliphatic rings. The summed E-state index contributed by atoms with van der Waals surface area (Å²) in [7, 11) is -2.02. The van der Waals surface area contributed by atoms with Gasteiger partial charge in [-0.1, -0.05) is 23.2 Å². The number of hydrogen-bond donors (Lipinski definition) is 2. The van der Waals surface area contributed by atoms with E-state index in [2.05, 4.69) is 26.6 Å². The third-order valence-corrected chi connectivity index (χ3v) is 5.30. The fourth-order valence-corrected chi connectivity index (χ4v) is 4.20. The van der Waals surface area contributed by atoms with Crippen molar-refractivity contribution in [2.24, 2.45) is 12.8 Å². The molecule has 0 aliphatic carbocycles. The summed E-state index contributed by atoms with van der Waals surface area (Å²) in [6.45, 7) is 3.60. The zero-order chi connectivity index (χ0) is 15.6. The van der Waals surface area contributed by atoms with E-state index in [-0.39, 0.29) is 16.6 Å². The highest BCUT2D eigenvalue weighted by molar-refractivity contribution is 7.93. The van der Waals surface area contributed by atoms with Crippen LogP contribution in [0.15, 0.2) is 11.1 Å². The molecular formula is C12H15N5O2S2. The average Bonchev–Trinajstić information content (AvgIpc) is 2.92. The number of sulfonamides is 1. The van der Waals surface area contributed by atoms with Gasteiger partial charge in [-0.15, -0.1) is 0 Å². The van der Waals surface area contributed by atoms with Gasteiger partial charge in [0.1, 0.15) is 4.90 Å². The number of nitrogens with one attached hydrogen (secondary N) is 1. The second-order valence-electron chi connectivity index (χ2n) is 4.26. The maximum atomic E-state index is 12.4. The first-order chi connectivity index (χ1) is 9.85. The molecule has 0 saturated carbocycles. The topological polar surface area (TPSA) is 103 Å². The number of rotatable bonds is 3. The first kappa shape index (κ1) is 15.5. The Morgan fingerprint density at radius 2 is 2.19 bits per heavy atom. The van der Waals surface area contributed by atoms with Crippen molar-refractivity contribution in [1.29, 1.82) is 0 Å². The molecule has 0 radical (unpaired) electrons. The minimum Gasteiger partial charge on any atom is -0.320 e. The second kappa shape index (κ2) is 5.85. The van der Waals surface area contributed by atoms with Crippen LogP contribution < -0.4 is 10.5 Å². The zero-order valence-electron chi connectivity index (χ0n) is 11.8. The summed E-state index contributed by atoms with van der Waals surface area (Å²) in [5.41, 5.74) is 6.30. The molecule has 0 unspecified atom stereocenters. The Morgan fingerprint density at radius 1 is 1.48 bits per heavy atom. The summed E-state index contributed by atoms with van der Waals surface area (Å²) in [5, 5.41) is 4.37. The molecule has 0 fully saturated rings. The van der Waals surface area contributed by atoms with Crippen LogP contribution in [0.1, 0.15) is 16.3 Å². The lowest BCUT2D eigenvalue weighted by Gasteiger charge is -2.05. The first-order valence-electron chi connectivity index (χ1n) is 6.03. The zero-order valence-corrected chi connectivity index (χ0v) is 13.5. The highest BCUT2D eigenvalue weighted by Crippen LogP contribution is 2.24.